The number of aryl methyl sites for hydroxylation is 1. The second-order valence-electron chi connectivity index (χ2n) is 8.36. The van der Waals surface area contributed by atoms with Gasteiger partial charge in [-0.3, -0.25) is 4.39 Å². The largest absolute Gasteiger partial charge is 0.433 e. The van der Waals surface area contributed by atoms with E-state index in [1.165, 1.54) is 19.1 Å². The fourth-order valence-electron chi connectivity index (χ4n) is 4.02. The van der Waals surface area contributed by atoms with Gasteiger partial charge in [0.15, 0.2) is 0 Å². The number of pyridine rings is 1. The summed E-state index contributed by atoms with van der Waals surface area (Å²) in [6.07, 6.45) is -8.51. The molecule has 2 unspecified atom stereocenters. The van der Waals surface area contributed by atoms with Crippen molar-refractivity contribution in [2.75, 3.05) is 6.67 Å². The Morgan fingerprint density at radius 1 is 1.12 bits per heavy atom. The van der Waals surface area contributed by atoms with Gasteiger partial charge in [0.1, 0.15) is 17.1 Å². The summed E-state index contributed by atoms with van der Waals surface area (Å²) in [7, 11) is 0. The summed E-state index contributed by atoms with van der Waals surface area (Å²) < 4.78 is 94.4. The van der Waals surface area contributed by atoms with Crippen LogP contribution in [0.5, 0.6) is 0 Å². The molecule has 0 saturated heterocycles. The van der Waals surface area contributed by atoms with Crippen molar-refractivity contribution in [3.8, 4) is 0 Å². The van der Waals surface area contributed by atoms with Crippen LogP contribution in [0.1, 0.15) is 35.9 Å². The van der Waals surface area contributed by atoms with Crippen LogP contribution in [0.4, 0.5) is 30.7 Å². The number of aromatic amines is 1. The number of alkyl halides is 6. The van der Waals surface area contributed by atoms with Gasteiger partial charge in [-0.05, 0) is 48.7 Å². The number of benzene rings is 1. The van der Waals surface area contributed by atoms with E-state index in [2.05, 4.69) is 9.97 Å². The van der Waals surface area contributed by atoms with Crippen molar-refractivity contribution in [2.45, 2.75) is 50.3 Å². The predicted octanol–water partition coefficient (Wildman–Crippen LogP) is 5.89. The zero-order valence-electron chi connectivity index (χ0n) is 17.2. The zero-order chi connectivity index (χ0) is 23.9. The van der Waals surface area contributed by atoms with E-state index in [4.69, 9.17) is 0 Å². The Balaban J connectivity index is 1.96. The van der Waals surface area contributed by atoms with Gasteiger partial charge in [0, 0.05) is 22.9 Å². The SMILES string of the molecule is Cc1ccc(F)cc1C(C)(CF)CC(O)(Cc1cc2cc(C(F)(F)F)ncc2[nH]1)C(F)F. The number of aromatic nitrogens is 2. The molecule has 3 aromatic rings. The van der Waals surface area contributed by atoms with E-state index in [9.17, 15) is 35.8 Å². The second kappa shape index (κ2) is 8.38. The summed E-state index contributed by atoms with van der Waals surface area (Å²) in [6.45, 7) is 1.75. The third-order valence-corrected chi connectivity index (χ3v) is 5.60. The van der Waals surface area contributed by atoms with Crippen molar-refractivity contribution in [3.05, 3.63) is 64.9 Å². The number of fused-ring (bicyclic) bond motifs is 1. The summed E-state index contributed by atoms with van der Waals surface area (Å²) in [4.78, 5) is 5.97. The Morgan fingerprint density at radius 2 is 1.81 bits per heavy atom. The number of nitrogens with zero attached hydrogens (tertiary/aromatic N) is 1. The van der Waals surface area contributed by atoms with Crippen LogP contribution in [0.2, 0.25) is 0 Å². The molecule has 3 rings (SSSR count). The van der Waals surface area contributed by atoms with Gasteiger partial charge in [0.25, 0.3) is 6.43 Å². The Kier molecular flexibility index (Phi) is 6.29. The van der Waals surface area contributed by atoms with Crippen molar-refractivity contribution in [1.82, 2.24) is 9.97 Å². The van der Waals surface area contributed by atoms with Crippen LogP contribution >= 0.6 is 0 Å². The van der Waals surface area contributed by atoms with Crippen LogP contribution in [0.3, 0.4) is 0 Å². The molecule has 2 atom stereocenters. The van der Waals surface area contributed by atoms with Crippen LogP contribution in [0.15, 0.2) is 36.5 Å². The van der Waals surface area contributed by atoms with E-state index in [0.717, 1.165) is 24.4 Å². The standard InChI is InChI=1S/C22H21F7N2O/c1-12-3-4-14(24)7-16(12)20(2,11-23)10-21(32,19(25)26)8-15-5-13-6-18(22(27,28)29)30-9-17(13)31-15/h3-7,9,19,31-32H,8,10-11H2,1-2H3. The first-order chi connectivity index (χ1) is 14.8. The average Bonchev–Trinajstić information content (AvgIpc) is 3.09. The molecule has 3 nitrogen and oxygen atoms in total. The normalized spacial score (nSPS) is 16.3. The summed E-state index contributed by atoms with van der Waals surface area (Å²) >= 11 is 0. The number of nitrogens with one attached hydrogen (secondary N) is 1. The molecule has 0 amide bonds. The fraction of sp³-hybridized carbons (Fsp3) is 0.409. The smallest absolute Gasteiger partial charge is 0.383 e. The van der Waals surface area contributed by atoms with E-state index < -0.39 is 54.6 Å². The minimum atomic E-state index is -4.68. The monoisotopic (exact) mass is 462 g/mol. The maximum Gasteiger partial charge on any atom is 0.433 e. The first-order valence-corrected chi connectivity index (χ1v) is 9.65. The molecule has 2 aromatic heterocycles. The first kappa shape index (κ1) is 24.0. The van der Waals surface area contributed by atoms with Gasteiger partial charge in [-0.15, -0.1) is 0 Å². The molecule has 2 N–H and O–H groups in total. The van der Waals surface area contributed by atoms with E-state index >= 15 is 0 Å². The molecule has 32 heavy (non-hydrogen) atoms. The molecule has 10 heteroatoms. The van der Waals surface area contributed by atoms with Crippen molar-refractivity contribution < 1.29 is 35.8 Å². The molecule has 0 radical (unpaired) electrons. The maximum atomic E-state index is 14.1. The Morgan fingerprint density at radius 3 is 2.41 bits per heavy atom. The molecule has 0 spiro atoms. The van der Waals surface area contributed by atoms with Crippen LogP contribution in [0, 0.1) is 12.7 Å². The lowest BCUT2D eigenvalue weighted by atomic mass is 9.72. The molecule has 0 saturated carbocycles. The second-order valence-corrected chi connectivity index (χ2v) is 8.36. The third kappa shape index (κ3) is 4.74. The highest BCUT2D eigenvalue weighted by atomic mass is 19.4. The maximum absolute atomic E-state index is 14.1. The van der Waals surface area contributed by atoms with Gasteiger partial charge >= 0.3 is 6.18 Å². The minimum absolute atomic E-state index is 0.0288. The minimum Gasteiger partial charge on any atom is -0.383 e. The van der Waals surface area contributed by atoms with Gasteiger partial charge < -0.3 is 10.1 Å². The Labute approximate surface area is 179 Å². The Hall–Kier alpha value is -2.62. The van der Waals surface area contributed by atoms with Crippen molar-refractivity contribution >= 4 is 10.9 Å². The number of rotatable bonds is 7. The molecule has 1 aromatic carbocycles. The summed E-state index contributed by atoms with van der Waals surface area (Å²) in [5, 5.41) is 10.9. The summed E-state index contributed by atoms with van der Waals surface area (Å²) in [5.41, 5.74) is -4.70. The van der Waals surface area contributed by atoms with Crippen molar-refractivity contribution in [2.24, 2.45) is 0 Å². The zero-order valence-corrected chi connectivity index (χ0v) is 17.2. The van der Waals surface area contributed by atoms with Crippen LogP contribution < -0.4 is 0 Å². The molecule has 0 aliphatic heterocycles. The number of hydrogen-bond acceptors (Lipinski definition) is 2. The lowest BCUT2D eigenvalue weighted by Crippen LogP contribution is -2.46. The van der Waals surface area contributed by atoms with Crippen LogP contribution in [-0.4, -0.2) is 33.8 Å². The first-order valence-electron chi connectivity index (χ1n) is 9.65. The quantitative estimate of drug-likeness (QED) is 0.431. The Bertz CT molecular complexity index is 1110. The highest BCUT2D eigenvalue weighted by Gasteiger charge is 2.46. The molecule has 0 bridgehead atoms. The molecule has 0 aliphatic carbocycles. The van der Waals surface area contributed by atoms with Crippen molar-refractivity contribution in [1.29, 1.82) is 0 Å². The summed E-state index contributed by atoms with van der Waals surface area (Å²) in [5.74, 6) is -0.672. The highest BCUT2D eigenvalue weighted by Crippen LogP contribution is 2.40. The average molecular weight is 462 g/mol. The number of hydrogen-bond donors (Lipinski definition) is 2. The van der Waals surface area contributed by atoms with E-state index in [1.807, 2.05) is 0 Å². The lowest BCUT2D eigenvalue weighted by molar-refractivity contribution is -0.141. The molecule has 174 valence electrons. The van der Waals surface area contributed by atoms with Gasteiger partial charge in [-0.25, -0.2) is 18.2 Å². The van der Waals surface area contributed by atoms with Crippen LogP contribution in [-0.2, 0) is 18.0 Å². The molecule has 0 fully saturated rings. The predicted molar refractivity (Wildman–Crippen MR) is 105 cm³/mol. The van der Waals surface area contributed by atoms with E-state index in [1.54, 1.807) is 6.92 Å². The van der Waals surface area contributed by atoms with E-state index in [0.29, 0.717) is 5.56 Å². The lowest BCUT2D eigenvalue weighted by Gasteiger charge is -2.37. The van der Waals surface area contributed by atoms with Gasteiger partial charge in [-0.2, -0.15) is 13.2 Å². The van der Waals surface area contributed by atoms with E-state index in [-0.39, 0.29) is 22.2 Å². The van der Waals surface area contributed by atoms with Gasteiger partial charge in [-0.1, -0.05) is 13.0 Å². The molecule has 2 heterocycles. The molecular formula is C22H21F7N2O. The fourth-order valence-corrected chi connectivity index (χ4v) is 4.02. The van der Waals surface area contributed by atoms with Crippen molar-refractivity contribution in [3.63, 3.8) is 0 Å². The summed E-state index contributed by atoms with van der Waals surface area (Å²) in [6, 6.07) is 5.57. The highest BCUT2D eigenvalue weighted by molar-refractivity contribution is 5.80. The number of halogens is 7. The van der Waals surface area contributed by atoms with Gasteiger partial charge in [0.05, 0.1) is 18.4 Å². The number of H-pyrrole nitrogens is 1. The molecular weight excluding hydrogens is 441 g/mol. The van der Waals surface area contributed by atoms with Crippen LogP contribution in [0.25, 0.3) is 10.9 Å². The third-order valence-electron chi connectivity index (χ3n) is 5.60. The van der Waals surface area contributed by atoms with Gasteiger partial charge in [0.2, 0.25) is 0 Å². The topological polar surface area (TPSA) is 48.9 Å². The number of aliphatic hydroxyl groups is 1. The molecule has 0 aliphatic rings.